The van der Waals surface area contributed by atoms with Crippen LogP contribution in [0.5, 0.6) is 0 Å². The molecule has 4 aromatic rings. The Morgan fingerprint density at radius 3 is 1.08 bits per heavy atom. The van der Waals surface area contributed by atoms with Gasteiger partial charge in [0.15, 0.2) is 0 Å². The molecule has 4 heteroatoms. The number of rotatable bonds is 15. The Labute approximate surface area is 229 Å². The summed E-state index contributed by atoms with van der Waals surface area (Å²) in [7, 11) is 0. The third-order valence-corrected chi connectivity index (χ3v) is 7.40. The van der Waals surface area contributed by atoms with E-state index in [1.807, 2.05) is 12.1 Å². The fourth-order valence-corrected chi connectivity index (χ4v) is 5.10. The molecule has 0 amide bonds. The van der Waals surface area contributed by atoms with E-state index in [2.05, 4.69) is 94.3 Å². The average molecular weight is 509 g/mol. The normalized spacial score (nSPS) is 11.1. The van der Waals surface area contributed by atoms with Gasteiger partial charge in [0, 0.05) is 12.1 Å². The summed E-state index contributed by atoms with van der Waals surface area (Å²) in [5.41, 5.74) is 17.4. The van der Waals surface area contributed by atoms with E-state index in [0.717, 1.165) is 24.7 Å². The number of aromatic nitrogens is 2. The van der Waals surface area contributed by atoms with Crippen LogP contribution in [0.15, 0.2) is 97.3 Å². The van der Waals surface area contributed by atoms with Crippen molar-refractivity contribution in [3.63, 3.8) is 0 Å². The summed E-state index contributed by atoms with van der Waals surface area (Å²) in [6.07, 6.45) is 17.2. The smallest absolute Gasteiger partial charge is 0.272 e. The van der Waals surface area contributed by atoms with Crippen molar-refractivity contribution in [2.45, 2.75) is 77.3 Å². The molecule has 4 nitrogen and oxygen atoms in total. The topological polar surface area (TPSA) is 59.8 Å². The predicted octanol–water partition coefficient (Wildman–Crippen LogP) is 7.36. The number of hydrogen-bond donors (Lipinski definition) is 2. The van der Waals surface area contributed by atoms with Crippen molar-refractivity contribution < 1.29 is 9.13 Å². The molecular weight excluding hydrogens is 464 g/mol. The molecule has 2 aromatic carbocycles. The molecule has 0 spiro atoms. The van der Waals surface area contributed by atoms with Crippen LogP contribution in [-0.2, 0) is 13.1 Å². The largest absolute Gasteiger partial charge is 0.287 e. The minimum Gasteiger partial charge on any atom is -0.287 e. The Hall–Kier alpha value is -3.66. The number of nitrogen functional groups attached to an aromatic ring is 2. The first-order valence-electron chi connectivity index (χ1n) is 14.4. The molecule has 0 atom stereocenters. The molecule has 4 N–H and O–H groups in total. The highest BCUT2D eigenvalue weighted by Gasteiger charge is 2.08. The number of aryl methyl sites for hydroxylation is 2. The van der Waals surface area contributed by atoms with Crippen molar-refractivity contribution in [1.29, 1.82) is 0 Å². The molecule has 0 fully saturated rings. The standard InChI is InChI=1S/C34H42N4/c35-33-27-31(29-17-11-9-12-18-29)21-25-37(33)23-15-7-5-3-1-2-4-6-8-16-24-38-26-22-32(28-34(38)36)30-19-13-10-14-20-30/h9-14,17-22,25-28,35-36H,1-8,15-16,23-24H2/p+2. The van der Waals surface area contributed by atoms with Crippen molar-refractivity contribution in [2.24, 2.45) is 0 Å². The van der Waals surface area contributed by atoms with Gasteiger partial charge in [0.1, 0.15) is 0 Å². The van der Waals surface area contributed by atoms with Gasteiger partial charge in [-0.2, -0.15) is 0 Å². The lowest BCUT2D eigenvalue weighted by atomic mass is 10.1. The van der Waals surface area contributed by atoms with Gasteiger partial charge in [-0.3, -0.25) is 11.5 Å². The Kier molecular flexibility index (Phi) is 10.8. The maximum Gasteiger partial charge on any atom is 0.272 e. The highest BCUT2D eigenvalue weighted by atomic mass is 15.0. The Balaban J connectivity index is 1.01. The second-order valence-electron chi connectivity index (χ2n) is 10.3. The first-order valence-corrected chi connectivity index (χ1v) is 14.4. The molecule has 2 aromatic heterocycles. The minimum absolute atomic E-state index is 0.844. The summed E-state index contributed by atoms with van der Waals surface area (Å²) >= 11 is 0. The zero-order valence-corrected chi connectivity index (χ0v) is 22.8. The summed E-state index contributed by atoms with van der Waals surface area (Å²) in [5, 5.41) is 0. The number of anilines is 2. The highest BCUT2D eigenvalue weighted by Crippen LogP contribution is 2.20. The van der Waals surface area contributed by atoms with E-state index in [1.54, 1.807) is 0 Å². The quantitative estimate of drug-likeness (QED) is 0.130. The first-order chi connectivity index (χ1) is 18.7. The van der Waals surface area contributed by atoms with Gasteiger partial charge < -0.3 is 0 Å². The van der Waals surface area contributed by atoms with E-state index < -0.39 is 0 Å². The third-order valence-electron chi connectivity index (χ3n) is 7.40. The van der Waals surface area contributed by atoms with Gasteiger partial charge in [-0.15, -0.1) is 0 Å². The van der Waals surface area contributed by atoms with E-state index >= 15 is 0 Å². The molecule has 2 heterocycles. The molecular formula is C34H44N4+2. The monoisotopic (exact) mass is 508 g/mol. The van der Waals surface area contributed by atoms with Crippen molar-refractivity contribution >= 4 is 11.6 Å². The number of benzene rings is 2. The van der Waals surface area contributed by atoms with Gasteiger partial charge >= 0.3 is 0 Å². The molecule has 0 saturated heterocycles. The molecule has 0 aliphatic carbocycles. The Morgan fingerprint density at radius 1 is 0.395 bits per heavy atom. The molecule has 4 rings (SSSR count). The van der Waals surface area contributed by atoms with Crippen molar-refractivity contribution in [2.75, 3.05) is 11.5 Å². The SMILES string of the molecule is Nc1cc(-c2ccccc2)cc[n+]1CCCCCCCCCCCC[n+]1ccc(-c2ccccc2)cc1N. The summed E-state index contributed by atoms with van der Waals surface area (Å²) < 4.78 is 4.35. The van der Waals surface area contributed by atoms with E-state index in [-0.39, 0.29) is 0 Å². The van der Waals surface area contributed by atoms with E-state index in [4.69, 9.17) is 11.5 Å². The summed E-state index contributed by atoms with van der Waals surface area (Å²) in [4.78, 5) is 0. The van der Waals surface area contributed by atoms with Crippen molar-refractivity contribution in [3.05, 3.63) is 97.3 Å². The lowest BCUT2D eigenvalue weighted by molar-refractivity contribution is -0.683. The minimum atomic E-state index is 0.844. The Bertz CT molecular complexity index is 1140. The molecule has 0 aliphatic rings. The fraction of sp³-hybridized carbons (Fsp3) is 0.353. The predicted molar refractivity (Wildman–Crippen MR) is 159 cm³/mol. The third kappa shape index (κ3) is 8.44. The van der Waals surface area contributed by atoms with Crippen LogP contribution in [0.4, 0.5) is 11.6 Å². The first kappa shape index (κ1) is 27.4. The number of unbranched alkanes of at least 4 members (excludes halogenated alkanes) is 9. The van der Waals surface area contributed by atoms with Crippen LogP contribution < -0.4 is 20.6 Å². The summed E-state index contributed by atoms with van der Waals surface area (Å²) in [6.45, 7) is 2.00. The van der Waals surface area contributed by atoms with Gasteiger partial charge in [-0.05, 0) is 60.1 Å². The van der Waals surface area contributed by atoms with Crippen LogP contribution in [0, 0.1) is 0 Å². The average Bonchev–Trinajstić information content (AvgIpc) is 2.96. The van der Waals surface area contributed by atoms with Crippen molar-refractivity contribution in [1.82, 2.24) is 0 Å². The van der Waals surface area contributed by atoms with Gasteiger partial charge in [0.25, 0.3) is 11.6 Å². The van der Waals surface area contributed by atoms with Gasteiger partial charge in [0.2, 0.25) is 0 Å². The van der Waals surface area contributed by atoms with Gasteiger partial charge in [-0.25, -0.2) is 9.13 Å². The number of pyridine rings is 2. The van der Waals surface area contributed by atoms with Gasteiger partial charge in [-0.1, -0.05) is 99.2 Å². The molecule has 0 unspecified atom stereocenters. The lowest BCUT2D eigenvalue weighted by Gasteiger charge is -2.07. The zero-order chi connectivity index (χ0) is 26.4. The molecule has 198 valence electrons. The lowest BCUT2D eigenvalue weighted by Crippen LogP contribution is -2.36. The van der Waals surface area contributed by atoms with E-state index in [9.17, 15) is 0 Å². The number of nitrogens with two attached hydrogens (primary N) is 2. The van der Waals surface area contributed by atoms with Crippen LogP contribution in [0.1, 0.15) is 64.2 Å². The van der Waals surface area contributed by atoms with Crippen LogP contribution in [0.2, 0.25) is 0 Å². The second-order valence-corrected chi connectivity index (χ2v) is 10.3. The summed E-state index contributed by atoms with van der Waals surface area (Å²) in [6, 6.07) is 29.4. The molecule has 0 radical (unpaired) electrons. The molecule has 0 aliphatic heterocycles. The van der Waals surface area contributed by atoms with Crippen LogP contribution in [0.3, 0.4) is 0 Å². The maximum atomic E-state index is 6.31. The maximum absolute atomic E-state index is 6.31. The molecule has 0 saturated carbocycles. The zero-order valence-electron chi connectivity index (χ0n) is 22.8. The highest BCUT2D eigenvalue weighted by molar-refractivity contribution is 5.65. The Morgan fingerprint density at radius 2 is 0.737 bits per heavy atom. The van der Waals surface area contributed by atoms with Crippen LogP contribution in [0.25, 0.3) is 22.3 Å². The summed E-state index contributed by atoms with van der Waals surface area (Å²) in [5.74, 6) is 1.69. The number of hydrogen-bond acceptors (Lipinski definition) is 2. The van der Waals surface area contributed by atoms with Gasteiger partial charge in [0.05, 0.1) is 25.5 Å². The van der Waals surface area contributed by atoms with E-state index in [1.165, 1.54) is 86.5 Å². The van der Waals surface area contributed by atoms with E-state index in [0.29, 0.717) is 0 Å². The van der Waals surface area contributed by atoms with Crippen LogP contribution in [-0.4, -0.2) is 0 Å². The number of nitrogens with zero attached hydrogens (tertiary/aromatic N) is 2. The fourth-order valence-electron chi connectivity index (χ4n) is 5.10. The van der Waals surface area contributed by atoms with Crippen molar-refractivity contribution in [3.8, 4) is 22.3 Å². The van der Waals surface area contributed by atoms with Crippen LogP contribution >= 0.6 is 0 Å². The molecule has 0 bridgehead atoms. The molecule has 38 heavy (non-hydrogen) atoms. The second kappa shape index (κ2) is 14.9.